The van der Waals surface area contributed by atoms with E-state index in [4.69, 9.17) is 10.00 Å². The molecule has 10 nitrogen and oxygen atoms in total. The summed E-state index contributed by atoms with van der Waals surface area (Å²) in [6.07, 6.45) is -1.24. The molecule has 10 heteroatoms. The number of nitrogens with zero attached hydrogens (tertiary/aromatic N) is 3. The van der Waals surface area contributed by atoms with Crippen LogP contribution in [0.15, 0.2) is 15.8 Å². The SMILES string of the molecule is Cc1cn([C@H]2C[C@@](CCC#N)([N+](=O)[O-])[C@@H](CO)O2)c(=O)[nH]c1=O. The van der Waals surface area contributed by atoms with Crippen molar-refractivity contribution in [3.05, 3.63) is 42.7 Å². The molecule has 0 aromatic carbocycles. The number of hydrogen-bond acceptors (Lipinski definition) is 7. The molecule has 0 saturated carbocycles. The van der Waals surface area contributed by atoms with E-state index in [0.29, 0.717) is 0 Å². The zero-order chi connectivity index (χ0) is 17.2. The van der Waals surface area contributed by atoms with Gasteiger partial charge in [0.1, 0.15) is 6.23 Å². The van der Waals surface area contributed by atoms with Crippen molar-refractivity contribution in [1.29, 1.82) is 5.26 Å². The van der Waals surface area contributed by atoms with E-state index in [9.17, 15) is 24.8 Å². The third-order valence-corrected chi connectivity index (χ3v) is 4.10. The molecular weight excluding hydrogens is 308 g/mol. The van der Waals surface area contributed by atoms with Crippen LogP contribution in [-0.4, -0.2) is 37.8 Å². The van der Waals surface area contributed by atoms with Gasteiger partial charge in [-0.2, -0.15) is 5.26 Å². The fourth-order valence-corrected chi connectivity index (χ4v) is 2.79. The number of rotatable bonds is 5. The Balaban J connectivity index is 2.44. The van der Waals surface area contributed by atoms with E-state index in [2.05, 4.69) is 4.98 Å². The number of hydrogen-bond donors (Lipinski definition) is 2. The molecule has 1 aromatic rings. The molecule has 0 radical (unpaired) electrons. The monoisotopic (exact) mass is 324 g/mol. The zero-order valence-electron chi connectivity index (χ0n) is 12.4. The summed E-state index contributed by atoms with van der Waals surface area (Å²) >= 11 is 0. The summed E-state index contributed by atoms with van der Waals surface area (Å²) in [5.74, 6) is 0. The number of aromatic nitrogens is 2. The predicted octanol–water partition coefficient (Wildman–Crippen LogP) is -0.556. The summed E-state index contributed by atoms with van der Waals surface area (Å²) < 4.78 is 6.55. The average molecular weight is 324 g/mol. The van der Waals surface area contributed by atoms with Crippen LogP contribution in [0.3, 0.4) is 0 Å². The molecule has 1 aromatic heterocycles. The van der Waals surface area contributed by atoms with Crippen LogP contribution in [0, 0.1) is 28.4 Å². The van der Waals surface area contributed by atoms with Gasteiger partial charge in [-0.15, -0.1) is 0 Å². The van der Waals surface area contributed by atoms with Crippen molar-refractivity contribution in [3.8, 4) is 6.07 Å². The first-order valence-electron chi connectivity index (χ1n) is 6.95. The molecule has 0 spiro atoms. The molecule has 3 atom stereocenters. The third kappa shape index (κ3) is 2.88. The lowest BCUT2D eigenvalue weighted by atomic mass is 9.86. The van der Waals surface area contributed by atoms with E-state index in [1.54, 1.807) is 0 Å². The van der Waals surface area contributed by atoms with Crippen LogP contribution in [0.2, 0.25) is 0 Å². The minimum absolute atomic E-state index is 0.0763. The molecule has 1 aliphatic rings. The molecule has 1 fully saturated rings. The predicted molar refractivity (Wildman–Crippen MR) is 76.2 cm³/mol. The fraction of sp³-hybridized carbons (Fsp3) is 0.615. The first kappa shape index (κ1) is 16.9. The Morgan fingerprint density at radius 1 is 1.65 bits per heavy atom. The molecule has 0 bridgehead atoms. The summed E-state index contributed by atoms with van der Waals surface area (Å²) in [5, 5.41) is 29.7. The van der Waals surface area contributed by atoms with Gasteiger partial charge in [-0.3, -0.25) is 24.5 Å². The van der Waals surface area contributed by atoms with E-state index in [-0.39, 0.29) is 24.8 Å². The highest BCUT2D eigenvalue weighted by atomic mass is 16.6. The summed E-state index contributed by atoms with van der Waals surface area (Å²) in [4.78, 5) is 36.4. The number of nitro groups is 1. The molecule has 2 heterocycles. The van der Waals surface area contributed by atoms with Crippen LogP contribution in [0.1, 0.15) is 31.1 Å². The maximum absolute atomic E-state index is 11.9. The number of aryl methyl sites for hydroxylation is 1. The first-order chi connectivity index (χ1) is 10.9. The second-order valence-electron chi connectivity index (χ2n) is 5.46. The van der Waals surface area contributed by atoms with Crippen molar-refractivity contribution in [2.45, 2.75) is 44.1 Å². The number of nitriles is 1. The quantitative estimate of drug-likeness (QED) is 0.544. The van der Waals surface area contributed by atoms with Crippen molar-refractivity contribution < 1.29 is 14.8 Å². The normalized spacial score (nSPS) is 26.8. The van der Waals surface area contributed by atoms with Crippen molar-refractivity contribution in [3.63, 3.8) is 0 Å². The Kier molecular flexibility index (Phi) is 4.63. The van der Waals surface area contributed by atoms with Crippen molar-refractivity contribution >= 4 is 0 Å². The van der Waals surface area contributed by atoms with Gasteiger partial charge < -0.3 is 9.84 Å². The minimum atomic E-state index is -1.65. The molecular formula is C13H16N4O6. The van der Waals surface area contributed by atoms with Gasteiger partial charge in [0.25, 0.3) is 11.1 Å². The van der Waals surface area contributed by atoms with Crippen molar-refractivity contribution in [2.24, 2.45) is 0 Å². The largest absolute Gasteiger partial charge is 0.393 e. The Bertz CT molecular complexity index is 763. The maximum atomic E-state index is 11.9. The molecule has 0 amide bonds. The fourth-order valence-electron chi connectivity index (χ4n) is 2.79. The molecule has 124 valence electrons. The summed E-state index contributed by atoms with van der Waals surface area (Å²) in [7, 11) is 0. The molecule has 0 unspecified atom stereocenters. The van der Waals surface area contributed by atoms with E-state index in [0.717, 1.165) is 4.57 Å². The summed E-state index contributed by atoms with van der Waals surface area (Å²) in [6.45, 7) is 0.879. The van der Waals surface area contributed by atoms with Gasteiger partial charge in [0.05, 0.1) is 19.1 Å². The summed E-state index contributed by atoms with van der Waals surface area (Å²) in [5.41, 5.74) is -2.70. The highest BCUT2D eigenvalue weighted by Gasteiger charge is 2.58. The van der Waals surface area contributed by atoms with Crippen LogP contribution in [0.5, 0.6) is 0 Å². The number of aliphatic hydroxyl groups excluding tert-OH is 1. The van der Waals surface area contributed by atoms with Gasteiger partial charge in [0.2, 0.25) is 0 Å². The van der Waals surface area contributed by atoms with Gasteiger partial charge in [0.15, 0.2) is 6.10 Å². The third-order valence-electron chi connectivity index (χ3n) is 4.10. The maximum Gasteiger partial charge on any atom is 0.330 e. The van der Waals surface area contributed by atoms with Gasteiger partial charge in [-0.1, -0.05) is 0 Å². The second-order valence-corrected chi connectivity index (χ2v) is 5.46. The van der Waals surface area contributed by atoms with Crippen LogP contribution in [0.25, 0.3) is 0 Å². The zero-order valence-corrected chi connectivity index (χ0v) is 12.4. The van der Waals surface area contributed by atoms with E-state index in [1.807, 2.05) is 6.07 Å². The number of aromatic amines is 1. The lowest BCUT2D eigenvalue weighted by Crippen LogP contribution is -2.47. The van der Waals surface area contributed by atoms with E-state index in [1.165, 1.54) is 13.1 Å². The van der Waals surface area contributed by atoms with E-state index >= 15 is 0 Å². The Morgan fingerprint density at radius 2 is 2.35 bits per heavy atom. The first-order valence-corrected chi connectivity index (χ1v) is 6.95. The standard InChI is InChI=1S/C13H16N4O6/c1-8-6-16(12(20)15-11(8)19)10-5-13(17(21)22,3-2-4-14)9(7-18)23-10/h6,9-10,18H,2-3,5,7H2,1H3,(H,15,19,20)/t9-,10-,13-/m1/s1. The second kappa shape index (κ2) is 6.31. The molecule has 1 aliphatic heterocycles. The Labute approximate surface area is 130 Å². The number of aliphatic hydroxyl groups is 1. The molecule has 2 rings (SSSR count). The van der Waals surface area contributed by atoms with E-state index < -0.39 is 40.6 Å². The van der Waals surface area contributed by atoms with Gasteiger partial charge in [-0.25, -0.2) is 4.79 Å². The lowest BCUT2D eigenvalue weighted by molar-refractivity contribution is -0.577. The van der Waals surface area contributed by atoms with Crippen LogP contribution >= 0.6 is 0 Å². The van der Waals surface area contributed by atoms with Crippen molar-refractivity contribution in [1.82, 2.24) is 9.55 Å². The lowest BCUT2D eigenvalue weighted by Gasteiger charge is -2.22. The smallest absolute Gasteiger partial charge is 0.330 e. The topological polar surface area (TPSA) is 151 Å². The van der Waals surface area contributed by atoms with Crippen LogP contribution < -0.4 is 11.2 Å². The summed E-state index contributed by atoms with van der Waals surface area (Å²) in [6, 6.07) is 1.84. The number of H-pyrrole nitrogens is 1. The Hall–Kier alpha value is -2.51. The number of nitrogens with one attached hydrogen (secondary N) is 1. The van der Waals surface area contributed by atoms with Crippen LogP contribution in [0.4, 0.5) is 0 Å². The Morgan fingerprint density at radius 3 is 2.91 bits per heavy atom. The number of ether oxygens (including phenoxy) is 1. The molecule has 0 aliphatic carbocycles. The van der Waals surface area contributed by atoms with Gasteiger partial charge >= 0.3 is 5.69 Å². The molecule has 2 N–H and O–H groups in total. The minimum Gasteiger partial charge on any atom is -0.393 e. The van der Waals surface area contributed by atoms with Gasteiger partial charge in [0, 0.05) is 29.5 Å². The molecule has 23 heavy (non-hydrogen) atoms. The highest BCUT2D eigenvalue weighted by Crippen LogP contribution is 2.41. The highest BCUT2D eigenvalue weighted by molar-refractivity contribution is 5.04. The van der Waals surface area contributed by atoms with Gasteiger partial charge in [-0.05, 0) is 6.92 Å². The molecule has 1 saturated heterocycles. The van der Waals surface area contributed by atoms with Crippen LogP contribution in [-0.2, 0) is 4.74 Å². The van der Waals surface area contributed by atoms with Crippen molar-refractivity contribution in [2.75, 3.05) is 6.61 Å². The average Bonchev–Trinajstić information content (AvgIpc) is 2.88.